The highest BCUT2D eigenvalue weighted by atomic mass is 35.5. The summed E-state index contributed by atoms with van der Waals surface area (Å²) in [5.41, 5.74) is 3.38. The fourth-order valence-electron chi connectivity index (χ4n) is 3.47. The lowest BCUT2D eigenvalue weighted by Gasteiger charge is -2.31. The van der Waals surface area contributed by atoms with Gasteiger partial charge in [-0.1, -0.05) is 75.7 Å². The summed E-state index contributed by atoms with van der Waals surface area (Å²) in [5.74, 6) is 0.250. The molecule has 0 aromatic heterocycles. The molecule has 0 bridgehead atoms. The van der Waals surface area contributed by atoms with Gasteiger partial charge >= 0.3 is 0 Å². The van der Waals surface area contributed by atoms with Crippen LogP contribution in [0.1, 0.15) is 57.2 Å². The van der Waals surface area contributed by atoms with Crippen LogP contribution in [0, 0.1) is 5.92 Å². The van der Waals surface area contributed by atoms with E-state index in [0.717, 1.165) is 17.5 Å². The van der Waals surface area contributed by atoms with E-state index in [1.807, 2.05) is 31.2 Å². The third kappa shape index (κ3) is 8.02. The summed E-state index contributed by atoms with van der Waals surface area (Å²) in [6.45, 7) is 9.18. The molecule has 1 atom stereocenters. The van der Waals surface area contributed by atoms with Crippen molar-refractivity contribution in [2.24, 2.45) is 5.92 Å². The molecule has 168 valence electrons. The van der Waals surface area contributed by atoms with Crippen molar-refractivity contribution in [3.8, 4) is 0 Å². The van der Waals surface area contributed by atoms with Gasteiger partial charge in [0.25, 0.3) is 0 Å². The highest BCUT2D eigenvalue weighted by Gasteiger charge is 2.28. The van der Waals surface area contributed by atoms with E-state index >= 15 is 0 Å². The SMILES string of the molecule is CCc1ccc(CCC(=O)N(Cc2ccc(Cl)cc2)[C@@H](CC)C(=O)NCC(C)C)cc1. The molecule has 0 aliphatic carbocycles. The number of hydrogen-bond acceptors (Lipinski definition) is 2. The topological polar surface area (TPSA) is 49.4 Å². The Hall–Kier alpha value is -2.33. The van der Waals surface area contributed by atoms with Crippen LogP contribution in [0.3, 0.4) is 0 Å². The number of carbonyl (C=O) groups is 2. The predicted molar refractivity (Wildman–Crippen MR) is 128 cm³/mol. The van der Waals surface area contributed by atoms with Crippen molar-refractivity contribution in [1.82, 2.24) is 10.2 Å². The van der Waals surface area contributed by atoms with Gasteiger partial charge in [-0.25, -0.2) is 0 Å². The Kier molecular flexibility index (Phi) is 10.1. The van der Waals surface area contributed by atoms with Gasteiger partial charge in [-0.2, -0.15) is 0 Å². The highest BCUT2D eigenvalue weighted by Crippen LogP contribution is 2.17. The lowest BCUT2D eigenvalue weighted by molar-refractivity contribution is -0.141. The molecule has 0 saturated heterocycles. The maximum absolute atomic E-state index is 13.3. The van der Waals surface area contributed by atoms with Crippen molar-refractivity contribution in [2.75, 3.05) is 6.54 Å². The second kappa shape index (κ2) is 12.5. The molecule has 2 rings (SSSR count). The zero-order valence-electron chi connectivity index (χ0n) is 19.2. The third-order valence-electron chi connectivity index (χ3n) is 5.40. The molecule has 2 aromatic rings. The van der Waals surface area contributed by atoms with Crippen LogP contribution in [-0.2, 0) is 29.0 Å². The van der Waals surface area contributed by atoms with Crippen LogP contribution in [0.2, 0.25) is 5.02 Å². The van der Waals surface area contributed by atoms with E-state index in [-0.39, 0.29) is 11.8 Å². The summed E-state index contributed by atoms with van der Waals surface area (Å²) in [5, 5.41) is 3.65. The lowest BCUT2D eigenvalue weighted by atomic mass is 10.0. The van der Waals surface area contributed by atoms with Crippen molar-refractivity contribution in [3.05, 3.63) is 70.2 Å². The van der Waals surface area contributed by atoms with E-state index < -0.39 is 6.04 Å². The number of hydrogen-bond donors (Lipinski definition) is 1. The summed E-state index contributed by atoms with van der Waals surface area (Å²) in [6, 6.07) is 15.3. The summed E-state index contributed by atoms with van der Waals surface area (Å²) in [6.07, 6.45) is 2.59. The molecule has 0 aliphatic rings. The van der Waals surface area contributed by atoms with Gasteiger partial charge in [0.15, 0.2) is 0 Å². The molecule has 0 fully saturated rings. The van der Waals surface area contributed by atoms with Crippen LogP contribution in [-0.4, -0.2) is 29.3 Å². The van der Waals surface area contributed by atoms with Crippen molar-refractivity contribution >= 4 is 23.4 Å². The molecule has 1 N–H and O–H groups in total. The number of carbonyl (C=O) groups excluding carboxylic acids is 2. The first kappa shape index (κ1) is 24.9. The molecule has 31 heavy (non-hydrogen) atoms. The normalized spacial score (nSPS) is 11.9. The number of nitrogens with zero attached hydrogens (tertiary/aromatic N) is 1. The summed E-state index contributed by atoms with van der Waals surface area (Å²) in [4.78, 5) is 27.9. The zero-order chi connectivity index (χ0) is 22.8. The molecule has 2 amide bonds. The maximum Gasteiger partial charge on any atom is 0.242 e. The third-order valence-corrected chi connectivity index (χ3v) is 5.65. The Morgan fingerprint density at radius 1 is 0.935 bits per heavy atom. The van der Waals surface area contributed by atoms with Crippen LogP contribution < -0.4 is 5.32 Å². The summed E-state index contributed by atoms with van der Waals surface area (Å²) in [7, 11) is 0. The van der Waals surface area contributed by atoms with E-state index in [1.165, 1.54) is 5.56 Å². The van der Waals surface area contributed by atoms with E-state index in [1.54, 1.807) is 4.90 Å². The number of nitrogens with one attached hydrogen (secondary N) is 1. The Bertz CT molecular complexity index is 831. The number of rotatable bonds is 11. The number of halogens is 1. The van der Waals surface area contributed by atoms with Gasteiger partial charge in [-0.05, 0) is 54.0 Å². The zero-order valence-corrected chi connectivity index (χ0v) is 19.9. The van der Waals surface area contributed by atoms with Crippen molar-refractivity contribution in [1.29, 1.82) is 0 Å². The molecule has 2 aromatic carbocycles. The summed E-state index contributed by atoms with van der Waals surface area (Å²) < 4.78 is 0. The lowest BCUT2D eigenvalue weighted by Crippen LogP contribution is -2.49. The second-order valence-corrected chi connectivity index (χ2v) is 8.82. The minimum absolute atomic E-state index is 0.0129. The highest BCUT2D eigenvalue weighted by molar-refractivity contribution is 6.30. The van der Waals surface area contributed by atoms with Crippen LogP contribution in [0.25, 0.3) is 0 Å². The molecule has 5 heteroatoms. The first-order valence-electron chi connectivity index (χ1n) is 11.2. The average Bonchev–Trinajstić information content (AvgIpc) is 2.77. The van der Waals surface area contributed by atoms with Gasteiger partial charge in [0.2, 0.25) is 11.8 Å². The van der Waals surface area contributed by atoms with Crippen molar-refractivity contribution in [3.63, 3.8) is 0 Å². The largest absolute Gasteiger partial charge is 0.354 e. The molecule has 4 nitrogen and oxygen atoms in total. The number of benzene rings is 2. The molecule has 0 saturated carbocycles. The van der Waals surface area contributed by atoms with Crippen molar-refractivity contribution in [2.45, 2.75) is 66.0 Å². The second-order valence-electron chi connectivity index (χ2n) is 8.38. The number of amides is 2. The van der Waals surface area contributed by atoms with Crippen molar-refractivity contribution < 1.29 is 9.59 Å². The number of aryl methyl sites for hydroxylation is 2. The van der Waals surface area contributed by atoms with Gasteiger partial charge in [0.05, 0.1) is 0 Å². The molecule has 0 heterocycles. The predicted octanol–water partition coefficient (Wildman–Crippen LogP) is 5.41. The molecule has 0 spiro atoms. The van der Waals surface area contributed by atoms with Crippen LogP contribution in [0.4, 0.5) is 0 Å². The Morgan fingerprint density at radius 2 is 1.52 bits per heavy atom. The van der Waals surface area contributed by atoms with Gasteiger partial charge < -0.3 is 10.2 Å². The van der Waals surface area contributed by atoms with Gasteiger partial charge in [-0.15, -0.1) is 0 Å². The van der Waals surface area contributed by atoms with E-state index in [9.17, 15) is 9.59 Å². The Balaban J connectivity index is 2.16. The van der Waals surface area contributed by atoms with E-state index in [4.69, 9.17) is 11.6 Å². The molecule has 0 unspecified atom stereocenters. The quantitative estimate of drug-likeness (QED) is 0.505. The Labute approximate surface area is 192 Å². The Morgan fingerprint density at radius 3 is 2.06 bits per heavy atom. The van der Waals surface area contributed by atoms with Gasteiger partial charge in [0, 0.05) is 24.5 Å². The van der Waals surface area contributed by atoms with E-state index in [2.05, 4.69) is 50.4 Å². The molecule has 0 aliphatic heterocycles. The smallest absolute Gasteiger partial charge is 0.242 e. The first-order valence-corrected chi connectivity index (χ1v) is 11.6. The fourth-order valence-corrected chi connectivity index (χ4v) is 3.59. The average molecular weight is 443 g/mol. The first-order chi connectivity index (χ1) is 14.8. The monoisotopic (exact) mass is 442 g/mol. The molecular formula is C26H35ClN2O2. The maximum atomic E-state index is 13.3. The van der Waals surface area contributed by atoms with E-state index in [0.29, 0.717) is 43.3 Å². The van der Waals surface area contributed by atoms with Crippen LogP contribution in [0.15, 0.2) is 48.5 Å². The minimum Gasteiger partial charge on any atom is -0.354 e. The van der Waals surface area contributed by atoms with Gasteiger partial charge in [-0.3, -0.25) is 9.59 Å². The molecule has 0 radical (unpaired) electrons. The van der Waals surface area contributed by atoms with Crippen LogP contribution >= 0.6 is 11.6 Å². The molecular weight excluding hydrogens is 408 g/mol. The van der Waals surface area contributed by atoms with Gasteiger partial charge in [0.1, 0.15) is 6.04 Å². The fraction of sp³-hybridized carbons (Fsp3) is 0.462. The van der Waals surface area contributed by atoms with Crippen LogP contribution in [0.5, 0.6) is 0 Å². The standard InChI is InChI=1S/C26H35ClN2O2/c1-5-20-7-9-21(10-8-20)13-16-25(30)29(18-22-11-14-23(27)15-12-22)24(6-2)26(31)28-17-19(3)4/h7-12,14-15,19,24H,5-6,13,16-18H2,1-4H3,(H,28,31)/t24-/m0/s1. The minimum atomic E-state index is -0.496. The summed E-state index contributed by atoms with van der Waals surface area (Å²) >= 11 is 6.02.